The highest BCUT2D eigenvalue weighted by molar-refractivity contribution is 6.70. The summed E-state index contributed by atoms with van der Waals surface area (Å²) in [5, 5.41) is 10.5. The van der Waals surface area contributed by atoms with Crippen molar-refractivity contribution in [3.8, 4) is 5.75 Å². The minimum Gasteiger partial charge on any atom is -0.544 e. The molecule has 0 amide bonds. The van der Waals surface area contributed by atoms with Crippen molar-refractivity contribution in [2.24, 2.45) is 0 Å². The molecule has 86 valence electrons. The highest BCUT2D eigenvalue weighted by atomic mass is 28.4. The van der Waals surface area contributed by atoms with Crippen molar-refractivity contribution in [2.45, 2.75) is 19.6 Å². The molecular formula is C10H13NO4Si. The second kappa shape index (κ2) is 4.44. The van der Waals surface area contributed by atoms with E-state index in [1.54, 1.807) is 0 Å². The maximum atomic E-state index is 10.8. The van der Waals surface area contributed by atoms with E-state index in [2.05, 4.69) is 0 Å². The van der Waals surface area contributed by atoms with Crippen LogP contribution in [0.1, 0.15) is 10.4 Å². The fourth-order valence-electron chi connectivity index (χ4n) is 1.16. The first-order valence-corrected chi connectivity index (χ1v) is 8.17. The normalized spacial score (nSPS) is 10.9. The van der Waals surface area contributed by atoms with Crippen LogP contribution in [0.2, 0.25) is 19.6 Å². The van der Waals surface area contributed by atoms with Gasteiger partial charge >= 0.3 is 0 Å². The number of benzene rings is 1. The number of carbonyl (C=O) groups excluding carboxylic acids is 1. The van der Waals surface area contributed by atoms with Crippen LogP contribution in [0.25, 0.3) is 0 Å². The molecule has 0 radical (unpaired) electrons. The van der Waals surface area contributed by atoms with Gasteiger partial charge in [-0.2, -0.15) is 0 Å². The van der Waals surface area contributed by atoms with Crippen LogP contribution in [-0.2, 0) is 0 Å². The molecule has 0 N–H and O–H groups in total. The van der Waals surface area contributed by atoms with Crippen molar-refractivity contribution in [3.05, 3.63) is 33.9 Å². The summed E-state index contributed by atoms with van der Waals surface area (Å²) in [4.78, 5) is 20.8. The van der Waals surface area contributed by atoms with Crippen LogP contribution in [0.5, 0.6) is 5.75 Å². The Balaban J connectivity index is 3.12. The summed E-state index contributed by atoms with van der Waals surface area (Å²) in [6.07, 6.45) is 0.572. The number of aldehydes is 1. The van der Waals surface area contributed by atoms with Gasteiger partial charge in [0.15, 0.2) is 6.29 Å². The van der Waals surface area contributed by atoms with E-state index in [1.807, 2.05) is 19.6 Å². The second-order valence-electron chi connectivity index (χ2n) is 4.31. The summed E-state index contributed by atoms with van der Waals surface area (Å²) in [6.45, 7) is 5.93. The summed E-state index contributed by atoms with van der Waals surface area (Å²) in [7, 11) is -1.82. The number of nitro benzene ring substituents is 1. The van der Waals surface area contributed by atoms with E-state index in [0.29, 0.717) is 12.0 Å². The van der Waals surface area contributed by atoms with Gasteiger partial charge < -0.3 is 4.43 Å². The van der Waals surface area contributed by atoms with Gasteiger partial charge in [-0.3, -0.25) is 14.9 Å². The molecule has 1 aromatic rings. The summed E-state index contributed by atoms with van der Waals surface area (Å²) in [5.74, 6) is 0.416. The van der Waals surface area contributed by atoms with E-state index in [-0.39, 0.29) is 11.3 Å². The number of hydrogen-bond acceptors (Lipinski definition) is 4. The smallest absolute Gasteiger partial charge is 0.270 e. The lowest BCUT2D eigenvalue weighted by Crippen LogP contribution is -2.29. The third-order valence-electron chi connectivity index (χ3n) is 1.75. The topological polar surface area (TPSA) is 69.4 Å². The van der Waals surface area contributed by atoms with Gasteiger partial charge in [0, 0.05) is 12.1 Å². The maximum Gasteiger partial charge on any atom is 0.270 e. The van der Waals surface area contributed by atoms with E-state index < -0.39 is 13.2 Å². The molecule has 0 aromatic heterocycles. The van der Waals surface area contributed by atoms with Crippen LogP contribution in [-0.4, -0.2) is 19.5 Å². The molecular weight excluding hydrogens is 226 g/mol. The molecule has 1 rings (SSSR count). The van der Waals surface area contributed by atoms with Gasteiger partial charge in [-0.1, -0.05) is 0 Å². The predicted octanol–water partition coefficient (Wildman–Crippen LogP) is 2.62. The molecule has 0 heterocycles. The van der Waals surface area contributed by atoms with Crippen LogP contribution in [0, 0.1) is 10.1 Å². The second-order valence-corrected chi connectivity index (χ2v) is 8.74. The lowest BCUT2D eigenvalue weighted by molar-refractivity contribution is -0.384. The molecule has 0 saturated carbocycles. The van der Waals surface area contributed by atoms with Crippen molar-refractivity contribution in [2.75, 3.05) is 0 Å². The first kappa shape index (κ1) is 12.4. The third kappa shape index (κ3) is 3.16. The quantitative estimate of drug-likeness (QED) is 0.350. The molecule has 16 heavy (non-hydrogen) atoms. The SMILES string of the molecule is C[Si](C)(C)Oc1ccc([N+](=O)[O-])cc1C=O. The number of rotatable bonds is 4. The molecule has 0 aliphatic rings. The molecule has 5 nitrogen and oxygen atoms in total. The Kier molecular flexibility index (Phi) is 3.43. The maximum absolute atomic E-state index is 10.8. The Morgan fingerprint density at radius 2 is 2.00 bits per heavy atom. The minimum absolute atomic E-state index is 0.106. The van der Waals surface area contributed by atoms with Gasteiger partial charge in [-0.05, 0) is 25.7 Å². The summed E-state index contributed by atoms with van der Waals surface area (Å²) in [5.41, 5.74) is 0.113. The summed E-state index contributed by atoms with van der Waals surface area (Å²) >= 11 is 0. The average molecular weight is 239 g/mol. The van der Waals surface area contributed by atoms with Crippen LogP contribution < -0.4 is 4.43 Å². The van der Waals surface area contributed by atoms with Crippen molar-refractivity contribution in [1.29, 1.82) is 0 Å². The van der Waals surface area contributed by atoms with E-state index in [9.17, 15) is 14.9 Å². The highest BCUT2D eigenvalue weighted by Gasteiger charge is 2.19. The first-order valence-electron chi connectivity index (χ1n) is 4.76. The number of hydrogen-bond donors (Lipinski definition) is 0. The van der Waals surface area contributed by atoms with E-state index >= 15 is 0 Å². The van der Waals surface area contributed by atoms with Gasteiger partial charge in [0.25, 0.3) is 5.69 Å². The zero-order chi connectivity index (χ0) is 12.3. The fourth-order valence-corrected chi connectivity index (χ4v) is 2.01. The van der Waals surface area contributed by atoms with Crippen LogP contribution in [0.3, 0.4) is 0 Å². The molecule has 1 aromatic carbocycles. The van der Waals surface area contributed by atoms with Crippen LogP contribution in [0.15, 0.2) is 18.2 Å². The van der Waals surface area contributed by atoms with Gasteiger partial charge in [-0.25, -0.2) is 0 Å². The Bertz CT molecular complexity index is 425. The third-order valence-corrected chi connectivity index (χ3v) is 2.58. The molecule has 0 aliphatic carbocycles. The zero-order valence-corrected chi connectivity index (χ0v) is 10.4. The van der Waals surface area contributed by atoms with E-state index in [0.717, 1.165) is 0 Å². The molecule has 0 unspecified atom stereocenters. The molecule has 0 spiro atoms. The zero-order valence-electron chi connectivity index (χ0n) is 9.39. The van der Waals surface area contributed by atoms with Gasteiger partial charge in [0.05, 0.1) is 10.5 Å². The van der Waals surface area contributed by atoms with E-state index in [4.69, 9.17) is 4.43 Å². The molecule has 0 aliphatic heterocycles. The van der Waals surface area contributed by atoms with Crippen LogP contribution in [0.4, 0.5) is 5.69 Å². The molecule has 0 saturated heterocycles. The standard InChI is InChI=1S/C10H13NO4Si/c1-16(2,3)15-10-5-4-9(11(13)14)6-8(10)7-12/h4-7H,1-3H3. The van der Waals surface area contributed by atoms with Crippen molar-refractivity contribution in [3.63, 3.8) is 0 Å². The molecule has 0 fully saturated rings. The van der Waals surface area contributed by atoms with Gasteiger partial charge in [0.1, 0.15) is 5.75 Å². The first-order chi connectivity index (χ1) is 7.33. The number of nitrogens with zero attached hydrogens (tertiary/aromatic N) is 1. The summed E-state index contributed by atoms with van der Waals surface area (Å²) in [6, 6.07) is 4.03. The van der Waals surface area contributed by atoms with E-state index in [1.165, 1.54) is 18.2 Å². The molecule has 6 heteroatoms. The Morgan fingerprint density at radius 1 is 1.38 bits per heavy atom. The number of nitro groups is 1. The number of non-ortho nitro benzene ring substituents is 1. The highest BCUT2D eigenvalue weighted by Crippen LogP contribution is 2.25. The van der Waals surface area contributed by atoms with Crippen molar-refractivity contribution >= 4 is 20.3 Å². The summed E-state index contributed by atoms with van der Waals surface area (Å²) < 4.78 is 5.64. The molecule has 0 bridgehead atoms. The van der Waals surface area contributed by atoms with Crippen LogP contribution >= 0.6 is 0 Å². The Hall–Kier alpha value is -1.69. The minimum atomic E-state index is -1.82. The lowest BCUT2D eigenvalue weighted by Gasteiger charge is -2.20. The van der Waals surface area contributed by atoms with Crippen molar-refractivity contribution in [1.82, 2.24) is 0 Å². The Morgan fingerprint density at radius 3 is 2.44 bits per heavy atom. The van der Waals surface area contributed by atoms with Gasteiger partial charge in [-0.15, -0.1) is 0 Å². The number of carbonyl (C=O) groups is 1. The Labute approximate surface area is 94.3 Å². The largest absolute Gasteiger partial charge is 0.544 e. The van der Waals surface area contributed by atoms with Gasteiger partial charge in [0.2, 0.25) is 8.32 Å². The average Bonchev–Trinajstić information content (AvgIpc) is 2.15. The lowest BCUT2D eigenvalue weighted by atomic mass is 10.2. The fraction of sp³-hybridized carbons (Fsp3) is 0.300. The predicted molar refractivity (Wildman–Crippen MR) is 62.5 cm³/mol. The monoisotopic (exact) mass is 239 g/mol. The molecule has 0 atom stereocenters. The van der Waals surface area contributed by atoms with Crippen molar-refractivity contribution < 1.29 is 14.1 Å².